The van der Waals surface area contributed by atoms with Crippen molar-refractivity contribution in [3.8, 4) is 5.75 Å². The van der Waals surface area contributed by atoms with Crippen LogP contribution in [0.15, 0.2) is 24.3 Å². The van der Waals surface area contributed by atoms with Gasteiger partial charge in [0.2, 0.25) is 0 Å². The van der Waals surface area contributed by atoms with E-state index in [1.54, 1.807) is 19.1 Å². The zero-order valence-electron chi connectivity index (χ0n) is 13.5. The molecule has 6 heteroatoms. The van der Waals surface area contributed by atoms with Crippen LogP contribution in [-0.2, 0) is 4.79 Å². The fourth-order valence-corrected chi connectivity index (χ4v) is 3.52. The first-order chi connectivity index (χ1) is 11.1. The average molecular weight is 338 g/mol. The highest BCUT2D eigenvalue weighted by Gasteiger charge is 2.33. The molecule has 2 aliphatic heterocycles. The monoisotopic (exact) mass is 337 g/mol. The van der Waals surface area contributed by atoms with E-state index in [-0.39, 0.29) is 5.91 Å². The number of ether oxygens (including phenoxy) is 1. The predicted molar refractivity (Wildman–Crippen MR) is 91.0 cm³/mol. The van der Waals surface area contributed by atoms with E-state index >= 15 is 0 Å². The third-order valence-electron chi connectivity index (χ3n) is 4.60. The number of nitrogens with zero attached hydrogens (tertiary/aromatic N) is 2. The third-order valence-corrected chi connectivity index (χ3v) is 4.83. The zero-order valence-corrected chi connectivity index (χ0v) is 14.3. The van der Waals surface area contributed by atoms with E-state index in [0.29, 0.717) is 16.8 Å². The molecule has 2 atom stereocenters. The molecule has 0 aliphatic carbocycles. The molecule has 126 valence electrons. The molecule has 0 bridgehead atoms. The van der Waals surface area contributed by atoms with E-state index in [4.69, 9.17) is 16.3 Å². The summed E-state index contributed by atoms with van der Waals surface area (Å²) in [6, 6.07) is 7.66. The van der Waals surface area contributed by atoms with Crippen LogP contribution in [0.25, 0.3) is 0 Å². The molecule has 1 amide bonds. The standard InChI is InChI=1S/C17H24ClN3O2/c1-13(23-16-4-2-3-14(18)11-16)17(22)21-8-5-15(12-21)20-9-6-19-7-10-20/h2-4,11,13,15,19H,5-10,12H2,1H3. The molecule has 0 aromatic heterocycles. The molecule has 2 heterocycles. The Morgan fingerprint density at radius 2 is 2.13 bits per heavy atom. The van der Waals surface area contributed by atoms with Gasteiger partial charge in [0.1, 0.15) is 5.75 Å². The number of hydrogen-bond acceptors (Lipinski definition) is 4. The lowest BCUT2D eigenvalue weighted by molar-refractivity contribution is -0.137. The summed E-state index contributed by atoms with van der Waals surface area (Å²) in [7, 11) is 0. The predicted octanol–water partition coefficient (Wildman–Crippen LogP) is 1.61. The molecular formula is C17H24ClN3O2. The minimum atomic E-state index is -0.491. The van der Waals surface area contributed by atoms with Crippen molar-refractivity contribution in [1.82, 2.24) is 15.1 Å². The number of piperazine rings is 1. The molecule has 0 saturated carbocycles. The fourth-order valence-electron chi connectivity index (χ4n) is 3.34. The summed E-state index contributed by atoms with van der Waals surface area (Å²) >= 11 is 5.95. The number of nitrogens with one attached hydrogen (secondary N) is 1. The van der Waals surface area contributed by atoms with Crippen molar-refractivity contribution in [1.29, 1.82) is 0 Å². The lowest BCUT2D eigenvalue weighted by Crippen LogP contribution is -2.50. The van der Waals surface area contributed by atoms with Gasteiger partial charge in [-0.2, -0.15) is 0 Å². The quantitative estimate of drug-likeness (QED) is 0.906. The molecule has 0 radical (unpaired) electrons. The maximum atomic E-state index is 12.6. The van der Waals surface area contributed by atoms with E-state index in [1.807, 2.05) is 17.0 Å². The second-order valence-corrected chi connectivity index (χ2v) is 6.67. The maximum Gasteiger partial charge on any atom is 0.263 e. The average Bonchev–Trinajstić information content (AvgIpc) is 3.05. The number of amides is 1. The molecule has 23 heavy (non-hydrogen) atoms. The summed E-state index contributed by atoms with van der Waals surface area (Å²) < 4.78 is 5.75. The molecular weight excluding hydrogens is 314 g/mol. The van der Waals surface area contributed by atoms with E-state index in [1.165, 1.54) is 0 Å². The van der Waals surface area contributed by atoms with Gasteiger partial charge in [-0.05, 0) is 31.5 Å². The number of hydrogen-bond donors (Lipinski definition) is 1. The Morgan fingerprint density at radius 3 is 2.87 bits per heavy atom. The summed E-state index contributed by atoms with van der Waals surface area (Å²) in [4.78, 5) is 17.0. The van der Waals surface area contributed by atoms with Crippen LogP contribution in [0.3, 0.4) is 0 Å². The molecule has 0 spiro atoms. The van der Waals surface area contributed by atoms with Crippen LogP contribution in [0, 0.1) is 0 Å². The van der Waals surface area contributed by atoms with E-state index in [9.17, 15) is 4.79 Å². The van der Waals surface area contributed by atoms with Gasteiger partial charge in [0.15, 0.2) is 6.10 Å². The van der Waals surface area contributed by atoms with Crippen molar-refractivity contribution in [2.45, 2.75) is 25.5 Å². The third kappa shape index (κ3) is 4.16. The van der Waals surface area contributed by atoms with Gasteiger partial charge in [-0.1, -0.05) is 17.7 Å². The summed E-state index contributed by atoms with van der Waals surface area (Å²) in [5.74, 6) is 0.693. The Labute approximate surface area is 142 Å². The van der Waals surface area contributed by atoms with E-state index in [2.05, 4.69) is 10.2 Å². The van der Waals surface area contributed by atoms with Crippen LogP contribution in [0.5, 0.6) is 5.75 Å². The lowest BCUT2D eigenvalue weighted by Gasteiger charge is -2.32. The Balaban J connectivity index is 1.53. The Bertz CT molecular complexity index is 548. The first-order valence-electron chi connectivity index (χ1n) is 8.29. The second kappa shape index (κ2) is 7.51. The number of carbonyl (C=O) groups excluding carboxylic acids is 1. The number of likely N-dealkylation sites (tertiary alicyclic amines) is 1. The minimum Gasteiger partial charge on any atom is -0.481 e. The van der Waals surface area contributed by atoms with Crippen molar-refractivity contribution in [2.75, 3.05) is 39.3 Å². The van der Waals surface area contributed by atoms with Gasteiger partial charge in [0, 0.05) is 50.3 Å². The lowest BCUT2D eigenvalue weighted by atomic mass is 10.2. The smallest absolute Gasteiger partial charge is 0.263 e. The van der Waals surface area contributed by atoms with Crippen LogP contribution < -0.4 is 10.1 Å². The second-order valence-electron chi connectivity index (χ2n) is 6.23. The van der Waals surface area contributed by atoms with Crippen molar-refractivity contribution in [3.05, 3.63) is 29.3 Å². The van der Waals surface area contributed by atoms with Gasteiger partial charge in [-0.25, -0.2) is 0 Å². The summed E-state index contributed by atoms with van der Waals surface area (Å²) in [5.41, 5.74) is 0. The fraction of sp³-hybridized carbons (Fsp3) is 0.588. The van der Waals surface area contributed by atoms with Crippen LogP contribution in [0.1, 0.15) is 13.3 Å². The number of halogens is 1. The highest BCUT2D eigenvalue weighted by Crippen LogP contribution is 2.21. The van der Waals surface area contributed by atoms with Gasteiger partial charge < -0.3 is 15.0 Å². The topological polar surface area (TPSA) is 44.8 Å². The molecule has 1 aromatic rings. The van der Waals surface area contributed by atoms with Gasteiger partial charge >= 0.3 is 0 Å². The molecule has 5 nitrogen and oxygen atoms in total. The molecule has 2 saturated heterocycles. The van der Waals surface area contributed by atoms with Crippen LogP contribution >= 0.6 is 11.6 Å². The highest BCUT2D eigenvalue weighted by atomic mass is 35.5. The molecule has 2 fully saturated rings. The molecule has 2 aliphatic rings. The van der Waals surface area contributed by atoms with Crippen LogP contribution in [0.4, 0.5) is 0 Å². The van der Waals surface area contributed by atoms with Crippen molar-refractivity contribution in [2.24, 2.45) is 0 Å². The first kappa shape index (κ1) is 16.6. The number of benzene rings is 1. The highest BCUT2D eigenvalue weighted by molar-refractivity contribution is 6.30. The van der Waals surface area contributed by atoms with Crippen molar-refractivity contribution >= 4 is 17.5 Å². The number of rotatable bonds is 4. The SMILES string of the molecule is CC(Oc1cccc(Cl)c1)C(=O)N1CCC(N2CCNCC2)C1. The Hall–Kier alpha value is -1.30. The molecule has 2 unspecified atom stereocenters. The van der Waals surface area contributed by atoms with E-state index < -0.39 is 6.10 Å². The van der Waals surface area contributed by atoms with Gasteiger partial charge in [0.25, 0.3) is 5.91 Å². The van der Waals surface area contributed by atoms with Crippen molar-refractivity contribution in [3.63, 3.8) is 0 Å². The van der Waals surface area contributed by atoms with Gasteiger partial charge in [0.05, 0.1) is 0 Å². The van der Waals surface area contributed by atoms with Gasteiger partial charge in [-0.3, -0.25) is 9.69 Å². The Morgan fingerprint density at radius 1 is 1.35 bits per heavy atom. The van der Waals surface area contributed by atoms with E-state index in [0.717, 1.165) is 45.7 Å². The number of carbonyl (C=O) groups is 1. The Kier molecular flexibility index (Phi) is 5.41. The first-order valence-corrected chi connectivity index (χ1v) is 8.67. The summed E-state index contributed by atoms with van der Waals surface area (Å²) in [5, 5.41) is 3.98. The normalized spacial score (nSPS) is 23.7. The largest absolute Gasteiger partial charge is 0.481 e. The zero-order chi connectivity index (χ0) is 16.2. The maximum absolute atomic E-state index is 12.6. The molecule has 1 N–H and O–H groups in total. The van der Waals surface area contributed by atoms with Crippen LogP contribution in [-0.4, -0.2) is 67.1 Å². The van der Waals surface area contributed by atoms with Crippen molar-refractivity contribution < 1.29 is 9.53 Å². The van der Waals surface area contributed by atoms with Crippen LogP contribution in [0.2, 0.25) is 5.02 Å². The molecule has 1 aromatic carbocycles. The summed E-state index contributed by atoms with van der Waals surface area (Å²) in [6.07, 6.45) is 0.561. The molecule has 3 rings (SSSR count). The minimum absolute atomic E-state index is 0.0580. The summed E-state index contributed by atoms with van der Waals surface area (Å²) in [6.45, 7) is 7.65. The van der Waals surface area contributed by atoms with Gasteiger partial charge in [-0.15, -0.1) is 0 Å².